The van der Waals surface area contributed by atoms with Crippen LogP contribution in [0.2, 0.25) is 0 Å². The van der Waals surface area contributed by atoms with Crippen LogP contribution in [0.1, 0.15) is 44.9 Å². The van der Waals surface area contributed by atoms with E-state index >= 15 is 0 Å². The molecule has 0 spiro atoms. The molecule has 0 atom stereocenters. The van der Waals surface area contributed by atoms with E-state index in [1.807, 2.05) is 0 Å². The second-order valence-corrected chi connectivity index (χ2v) is 5.43. The molecule has 0 unspecified atom stereocenters. The summed E-state index contributed by atoms with van der Waals surface area (Å²) in [6.45, 7) is 0.933. The maximum absolute atomic E-state index is 11.5. The molecular weight excluding hydrogens is 228 g/mol. The molecule has 2 rings (SSSR count). The van der Waals surface area contributed by atoms with Gasteiger partial charge >= 0.3 is 0 Å². The zero-order valence-corrected chi connectivity index (χ0v) is 11.0. The Morgan fingerprint density at radius 1 is 1.17 bits per heavy atom. The summed E-state index contributed by atoms with van der Waals surface area (Å²) in [6, 6.07) is 0.442. The lowest BCUT2D eigenvalue weighted by molar-refractivity contribution is -0.119. The normalized spacial score (nSPS) is 21.7. The van der Waals surface area contributed by atoms with Gasteiger partial charge in [0.2, 0.25) is 5.91 Å². The summed E-state index contributed by atoms with van der Waals surface area (Å²) < 4.78 is 0. The molecule has 4 N–H and O–H groups in total. The maximum Gasteiger partial charge on any atom is 0.241 e. The first-order valence-electron chi connectivity index (χ1n) is 7.07. The SMILES string of the molecule is NC(=NCC(=O)NCC1CC1)NC1CCCCC1. The van der Waals surface area contributed by atoms with Crippen molar-refractivity contribution in [2.75, 3.05) is 13.1 Å². The van der Waals surface area contributed by atoms with Gasteiger partial charge in [-0.25, -0.2) is 4.99 Å². The molecule has 2 saturated carbocycles. The third-order valence-corrected chi connectivity index (χ3v) is 3.64. The third-order valence-electron chi connectivity index (χ3n) is 3.64. The molecule has 18 heavy (non-hydrogen) atoms. The lowest BCUT2D eigenvalue weighted by Gasteiger charge is -2.23. The van der Waals surface area contributed by atoms with Crippen molar-refractivity contribution in [3.05, 3.63) is 0 Å². The Balaban J connectivity index is 1.61. The third kappa shape index (κ3) is 4.94. The fourth-order valence-corrected chi connectivity index (χ4v) is 2.29. The molecule has 2 fully saturated rings. The minimum Gasteiger partial charge on any atom is -0.370 e. The quantitative estimate of drug-likeness (QED) is 0.499. The van der Waals surface area contributed by atoms with Crippen LogP contribution in [-0.4, -0.2) is 31.0 Å². The van der Waals surface area contributed by atoms with E-state index in [1.165, 1.54) is 32.1 Å². The van der Waals surface area contributed by atoms with Gasteiger partial charge in [-0.1, -0.05) is 19.3 Å². The van der Waals surface area contributed by atoms with E-state index in [0.29, 0.717) is 17.9 Å². The van der Waals surface area contributed by atoms with Crippen molar-refractivity contribution in [2.45, 2.75) is 51.0 Å². The van der Waals surface area contributed by atoms with Gasteiger partial charge in [0.15, 0.2) is 5.96 Å². The minimum absolute atomic E-state index is 0.0321. The molecule has 102 valence electrons. The predicted octanol–water partition coefficient (Wildman–Crippen LogP) is 0.750. The Bertz CT molecular complexity index is 306. The molecule has 5 nitrogen and oxygen atoms in total. The molecule has 0 aromatic carbocycles. The number of carbonyl (C=O) groups excluding carboxylic acids is 1. The highest BCUT2D eigenvalue weighted by atomic mass is 16.1. The van der Waals surface area contributed by atoms with Crippen molar-refractivity contribution in [3.8, 4) is 0 Å². The Hall–Kier alpha value is -1.26. The summed E-state index contributed by atoms with van der Waals surface area (Å²) >= 11 is 0. The molecule has 2 aliphatic rings. The van der Waals surface area contributed by atoms with Gasteiger partial charge in [-0.3, -0.25) is 4.79 Å². The maximum atomic E-state index is 11.5. The molecule has 5 heteroatoms. The van der Waals surface area contributed by atoms with Crippen molar-refractivity contribution >= 4 is 11.9 Å². The molecule has 0 saturated heterocycles. The zero-order valence-electron chi connectivity index (χ0n) is 11.0. The van der Waals surface area contributed by atoms with Crippen LogP contribution >= 0.6 is 0 Å². The number of hydrogen-bond acceptors (Lipinski definition) is 2. The molecule has 1 amide bonds. The van der Waals surface area contributed by atoms with Gasteiger partial charge in [0.1, 0.15) is 6.54 Å². The van der Waals surface area contributed by atoms with Gasteiger partial charge in [0.05, 0.1) is 0 Å². The smallest absolute Gasteiger partial charge is 0.241 e. The van der Waals surface area contributed by atoms with Gasteiger partial charge < -0.3 is 16.4 Å². The molecular formula is C13H24N4O. The van der Waals surface area contributed by atoms with E-state index in [9.17, 15) is 4.79 Å². The van der Waals surface area contributed by atoms with E-state index in [4.69, 9.17) is 5.73 Å². The topological polar surface area (TPSA) is 79.5 Å². The van der Waals surface area contributed by atoms with Gasteiger partial charge in [-0.05, 0) is 31.6 Å². The first-order valence-corrected chi connectivity index (χ1v) is 7.07. The zero-order chi connectivity index (χ0) is 12.8. The van der Waals surface area contributed by atoms with Gasteiger partial charge in [0.25, 0.3) is 0 Å². The van der Waals surface area contributed by atoms with Crippen LogP contribution in [0.15, 0.2) is 4.99 Å². The van der Waals surface area contributed by atoms with Crippen LogP contribution in [0.25, 0.3) is 0 Å². The lowest BCUT2D eigenvalue weighted by Crippen LogP contribution is -2.41. The number of aliphatic imine (C=N–C) groups is 1. The van der Waals surface area contributed by atoms with Crippen LogP contribution in [0.4, 0.5) is 0 Å². The van der Waals surface area contributed by atoms with Crippen LogP contribution in [0, 0.1) is 5.92 Å². The van der Waals surface area contributed by atoms with Crippen LogP contribution in [-0.2, 0) is 4.79 Å². The average molecular weight is 252 g/mol. The average Bonchev–Trinajstić information content (AvgIpc) is 3.19. The number of amides is 1. The molecule has 0 heterocycles. The number of nitrogens with two attached hydrogens (primary N) is 1. The van der Waals surface area contributed by atoms with E-state index < -0.39 is 0 Å². The highest BCUT2D eigenvalue weighted by Gasteiger charge is 2.21. The fourth-order valence-electron chi connectivity index (χ4n) is 2.29. The fraction of sp³-hybridized carbons (Fsp3) is 0.846. The first-order chi connectivity index (χ1) is 8.74. The number of hydrogen-bond donors (Lipinski definition) is 3. The van der Waals surface area contributed by atoms with Crippen LogP contribution in [0.3, 0.4) is 0 Å². The van der Waals surface area contributed by atoms with E-state index in [2.05, 4.69) is 15.6 Å². The summed E-state index contributed by atoms with van der Waals surface area (Å²) in [5.74, 6) is 1.08. The largest absolute Gasteiger partial charge is 0.370 e. The van der Waals surface area contributed by atoms with E-state index in [0.717, 1.165) is 19.4 Å². The summed E-state index contributed by atoms with van der Waals surface area (Å²) in [5.41, 5.74) is 5.78. The molecule has 0 aliphatic heterocycles. The Morgan fingerprint density at radius 3 is 2.56 bits per heavy atom. The molecule has 2 aliphatic carbocycles. The Morgan fingerprint density at radius 2 is 1.89 bits per heavy atom. The second kappa shape index (κ2) is 6.61. The monoisotopic (exact) mass is 252 g/mol. The number of carbonyl (C=O) groups is 1. The van der Waals surface area contributed by atoms with Crippen molar-refractivity contribution < 1.29 is 4.79 Å². The Labute approximate surface area is 109 Å². The van der Waals surface area contributed by atoms with E-state index in [1.54, 1.807) is 0 Å². The molecule has 0 radical (unpaired) electrons. The number of nitrogens with one attached hydrogen (secondary N) is 2. The first kappa shape index (κ1) is 13.2. The van der Waals surface area contributed by atoms with Crippen molar-refractivity contribution in [1.29, 1.82) is 0 Å². The molecule has 0 bridgehead atoms. The Kier molecular flexibility index (Phi) is 4.84. The summed E-state index contributed by atoms with van der Waals surface area (Å²) in [7, 11) is 0. The number of rotatable bonds is 5. The van der Waals surface area contributed by atoms with Gasteiger partial charge in [-0.2, -0.15) is 0 Å². The van der Waals surface area contributed by atoms with Crippen molar-refractivity contribution in [3.63, 3.8) is 0 Å². The number of guanidine groups is 1. The van der Waals surface area contributed by atoms with E-state index in [-0.39, 0.29) is 12.5 Å². The minimum atomic E-state index is -0.0321. The van der Waals surface area contributed by atoms with Crippen LogP contribution < -0.4 is 16.4 Å². The molecule has 0 aromatic heterocycles. The highest BCUT2D eigenvalue weighted by Crippen LogP contribution is 2.27. The second-order valence-electron chi connectivity index (χ2n) is 5.43. The predicted molar refractivity (Wildman–Crippen MR) is 72.2 cm³/mol. The summed E-state index contributed by atoms with van der Waals surface area (Å²) in [5, 5.41) is 6.07. The lowest BCUT2D eigenvalue weighted by atomic mass is 9.96. The number of nitrogens with zero attached hydrogens (tertiary/aromatic N) is 1. The van der Waals surface area contributed by atoms with Gasteiger partial charge in [-0.15, -0.1) is 0 Å². The summed E-state index contributed by atoms with van der Waals surface area (Å²) in [4.78, 5) is 15.6. The van der Waals surface area contributed by atoms with Crippen LogP contribution in [0.5, 0.6) is 0 Å². The summed E-state index contributed by atoms with van der Waals surface area (Å²) in [6.07, 6.45) is 8.64. The van der Waals surface area contributed by atoms with Crippen molar-refractivity contribution in [1.82, 2.24) is 10.6 Å². The standard InChI is InChI=1S/C13H24N4O/c14-13(17-11-4-2-1-3-5-11)16-9-12(18)15-8-10-6-7-10/h10-11H,1-9H2,(H,15,18)(H3,14,16,17). The highest BCUT2D eigenvalue weighted by molar-refractivity contribution is 5.84. The molecule has 0 aromatic rings. The van der Waals surface area contributed by atoms with Gasteiger partial charge in [0, 0.05) is 12.6 Å². The van der Waals surface area contributed by atoms with Crippen molar-refractivity contribution in [2.24, 2.45) is 16.6 Å².